The fraction of sp³-hybridized carbons (Fsp3) is 0.500. The number of hydrogen-bond acceptors (Lipinski definition) is 5. The molecule has 3 aromatic rings. The average Bonchev–Trinajstić information content (AvgIpc) is 3.26. The van der Waals surface area contributed by atoms with Crippen LogP contribution in [0.15, 0.2) is 42.7 Å². The predicted molar refractivity (Wildman–Crippen MR) is 152 cm³/mol. The molecular weight excluding hydrogens is 498 g/mol. The number of nitrogens with zero attached hydrogens (tertiary/aromatic N) is 3. The number of hydrogen-bond donors (Lipinski definition) is 3. The van der Waals surface area contributed by atoms with Crippen molar-refractivity contribution in [2.24, 2.45) is 11.8 Å². The smallest absolute Gasteiger partial charge is 0.404 e. The van der Waals surface area contributed by atoms with Crippen LogP contribution < -0.4 is 10.6 Å². The van der Waals surface area contributed by atoms with E-state index in [0.717, 1.165) is 59.8 Å². The molecule has 4 rings (SSSR count). The van der Waals surface area contributed by atoms with Crippen LogP contribution >= 0.6 is 0 Å². The van der Waals surface area contributed by atoms with E-state index >= 15 is 0 Å². The standard InChI is InChI=1S/C28H39N5O4Si/c1-19(31-28(35)36)20-8-10-21(11-9-20)27(34)32-23-12-14-30-26-22(23)17-25(24-7-5-6-13-29-24)33(26)18-37-15-16-38(2,3)4/h5-7,12-14,17,19-21,31H,8-11,15-16,18H2,1-4H3,(H,35,36)(H,30,32,34). The summed E-state index contributed by atoms with van der Waals surface area (Å²) in [6.07, 6.45) is 5.60. The van der Waals surface area contributed by atoms with Crippen molar-refractivity contribution >= 4 is 36.8 Å². The van der Waals surface area contributed by atoms with Gasteiger partial charge in [-0.25, -0.2) is 9.78 Å². The maximum atomic E-state index is 13.3. The first-order chi connectivity index (χ1) is 18.1. The third-order valence-electron chi connectivity index (χ3n) is 7.40. The molecule has 0 radical (unpaired) electrons. The Bertz CT molecular complexity index is 1250. The normalized spacial score (nSPS) is 18.7. The van der Waals surface area contributed by atoms with E-state index in [4.69, 9.17) is 9.84 Å². The highest BCUT2D eigenvalue weighted by Crippen LogP contribution is 2.34. The second-order valence-electron chi connectivity index (χ2n) is 11.5. The Kier molecular flexibility index (Phi) is 8.83. The van der Waals surface area contributed by atoms with Gasteiger partial charge in [-0.05, 0) is 68.8 Å². The number of carbonyl (C=O) groups is 2. The molecule has 3 heterocycles. The van der Waals surface area contributed by atoms with E-state index in [-0.39, 0.29) is 23.8 Å². The number of amides is 2. The van der Waals surface area contributed by atoms with E-state index in [2.05, 4.69) is 40.2 Å². The van der Waals surface area contributed by atoms with Gasteiger partial charge in [0.1, 0.15) is 12.4 Å². The van der Waals surface area contributed by atoms with Crippen molar-refractivity contribution in [3.63, 3.8) is 0 Å². The lowest BCUT2D eigenvalue weighted by Gasteiger charge is -2.31. The molecular formula is C28H39N5O4Si. The largest absolute Gasteiger partial charge is 0.465 e. The van der Waals surface area contributed by atoms with Gasteiger partial charge in [0.25, 0.3) is 0 Å². The zero-order valence-electron chi connectivity index (χ0n) is 22.7. The maximum absolute atomic E-state index is 13.3. The van der Waals surface area contributed by atoms with Crippen LogP contribution in [0.25, 0.3) is 22.4 Å². The third-order valence-corrected chi connectivity index (χ3v) is 9.10. The van der Waals surface area contributed by atoms with Gasteiger partial charge in [0.05, 0.1) is 17.1 Å². The van der Waals surface area contributed by atoms with Crippen molar-refractivity contribution < 1.29 is 19.4 Å². The number of carboxylic acid groups (broad SMARTS) is 1. The molecule has 1 saturated carbocycles. The first-order valence-electron chi connectivity index (χ1n) is 13.4. The van der Waals surface area contributed by atoms with Crippen LogP contribution in [0.3, 0.4) is 0 Å². The fourth-order valence-corrected chi connectivity index (χ4v) is 5.83. The highest BCUT2D eigenvalue weighted by Gasteiger charge is 2.30. The van der Waals surface area contributed by atoms with Crippen molar-refractivity contribution in [1.82, 2.24) is 19.9 Å². The Morgan fingerprint density at radius 3 is 2.55 bits per heavy atom. The third kappa shape index (κ3) is 6.99. The molecule has 10 heteroatoms. The number of carbonyl (C=O) groups excluding carboxylic acids is 1. The molecule has 1 aliphatic carbocycles. The number of ether oxygens (including phenoxy) is 1. The lowest BCUT2D eigenvalue weighted by Crippen LogP contribution is -2.39. The summed E-state index contributed by atoms with van der Waals surface area (Å²) in [5, 5.41) is 15.6. The Morgan fingerprint density at radius 1 is 1.13 bits per heavy atom. The summed E-state index contributed by atoms with van der Waals surface area (Å²) < 4.78 is 8.12. The second-order valence-corrected chi connectivity index (χ2v) is 17.1. The Labute approximate surface area is 225 Å². The van der Waals surface area contributed by atoms with Gasteiger partial charge in [0.2, 0.25) is 5.91 Å². The maximum Gasteiger partial charge on any atom is 0.404 e. The predicted octanol–water partition coefficient (Wildman–Crippen LogP) is 5.81. The molecule has 0 bridgehead atoms. The Hall–Kier alpha value is -3.24. The minimum Gasteiger partial charge on any atom is -0.465 e. The SMILES string of the molecule is CC(NC(=O)O)C1CCC(C(=O)Nc2ccnc3c2cc(-c2ccccn2)n3COCC[Si](C)(C)C)CC1. The number of nitrogens with one attached hydrogen (secondary N) is 2. The Morgan fingerprint density at radius 2 is 1.89 bits per heavy atom. The number of aromatic nitrogens is 3. The molecule has 1 fully saturated rings. The molecule has 38 heavy (non-hydrogen) atoms. The van der Waals surface area contributed by atoms with E-state index in [9.17, 15) is 9.59 Å². The van der Waals surface area contributed by atoms with Gasteiger partial charge in [0, 0.05) is 44.4 Å². The number of pyridine rings is 2. The van der Waals surface area contributed by atoms with E-state index in [0.29, 0.717) is 13.3 Å². The van der Waals surface area contributed by atoms with Crippen LogP contribution in [0.4, 0.5) is 10.5 Å². The highest BCUT2D eigenvalue weighted by molar-refractivity contribution is 6.76. The van der Waals surface area contributed by atoms with Gasteiger partial charge < -0.3 is 20.5 Å². The molecule has 0 aliphatic heterocycles. The molecule has 1 atom stereocenters. The van der Waals surface area contributed by atoms with E-state index in [1.54, 1.807) is 12.4 Å². The van der Waals surface area contributed by atoms with Crippen LogP contribution in [0.2, 0.25) is 25.7 Å². The average molecular weight is 538 g/mol. The van der Waals surface area contributed by atoms with Crippen LogP contribution in [-0.4, -0.2) is 52.4 Å². The van der Waals surface area contributed by atoms with E-state index in [1.165, 1.54) is 0 Å². The topological polar surface area (TPSA) is 118 Å². The lowest BCUT2D eigenvalue weighted by atomic mass is 9.78. The lowest BCUT2D eigenvalue weighted by molar-refractivity contribution is -0.121. The van der Waals surface area contributed by atoms with Crippen molar-refractivity contribution in [2.75, 3.05) is 11.9 Å². The fourth-order valence-electron chi connectivity index (χ4n) is 5.08. The zero-order chi connectivity index (χ0) is 27.3. The minimum absolute atomic E-state index is 0.00619. The van der Waals surface area contributed by atoms with Gasteiger partial charge in [-0.1, -0.05) is 25.7 Å². The molecule has 9 nitrogen and oxygen atoms in total. The van der Waals surface area contributed by atoms with Gasteiger partial charge >= 0.3 is 6.09 Å². The molecule has 2 amide bonds. The minimum atomic E-state index is -1.21. The molecule has 0 saturated heterocycles. The zero-order valence-corrected chi connectivity index (χ0v) is 23.7. The van der Waals surface area contributed by atoms with Crippen molar-refractivity contribution in [3.05, 3.63) is 42.7 Å². The van der Waals surface area contributed by atoms with Gasteiger partial charge in [-0.15, -0.1) is 0 Å². The molecule has 1 unspecified atom stereocenters. The van der Waals surface area contributed by atoms with Crippen molar-refractivity contribution in [1.29, 1.82) is 0 Å². The summed E-state index contributed by atoms with van der Waals surface area (Å²) in [6.45, 7) is 9.94. The molecule has 3 aromatic heterocycles. The summed E-state index contributed by atoms with van der Waals surface area (Å²) in [7, 11) is -1.21. The molecule has 3 N–H and O–H groups in total. The molecule has 0 spiro atoms. The van der Waals surface area contributed by atoms with E-state index < -0.39 is 14.2 Å². The first kappa shape index (κ1) is 27.8. The quantitative estimate of drug-likeness (QED) is 0.222. The van der Waals surface area contributed by atoms with Crippen LogP contribution in [-0.2, 0) is 16.3 Å². The van der Waals surface area contributed by atoms with Crippen LogP contribution in [0.1, 0.15) is 32.6 Å². The summed E-state index contributed by atoms with van der Waals surface area (Å²) in [6, 6.07) is 10.6. The molecule has 204 valence electrons. The number of rotatable bonds is 10. The van der Waals surface area contributed by atoms with Crippen molar-refractivity contribution in [2.45, 2.75) is 71.1 Å². The first-order valence-corrected chi connectivity index (χ1v) is 17.1. The monoisotopic (exact) mass is 537 g/mol. The molecule has 0 aromatic carbocycles. The number of anilines is 1. The summed E-state index contributed by atoms with van der Waals surface area (Å²) in [5.74, 6) is 0.140. The Balaban J connectivity index is 1.52. The summed E-state index contributed by atoms with van der Waals surface area (Å²) in [4.78, 5) is 33.4. The highest BCUT2D eigenvalue weighted by atomic mass is 28.3. The van der Waals surface area contributed by atoms with Gasteiger partial charge in [-0.2, -0.15) is 0 Å². The van der Waals surface area contributed by atoms with Crippen LogP contribution in [0.5, 0.6) is 0 Å². The van der Waals surface area contributed by atoms with Gasteiger partial charge in [-0.3, -0.25) is 14.3 Å². The second kappa shape index (κ2) is 12.1. The summed E-state index contributed by atoms with van der Waals surface area (Å²) in [5.41, 5.74) is 3.18. The van der Waals surface area contributed by atoms with Crippen LogP contribution in [0, 0.1) is 11.8 Å². The number of fused-ring (bicyclic) bond motifs is 1. The molecule has 1 aliphatic rings. The van der Waals surface area contributed by atoms with Crippen molar-refractivity contribution in [3.8, 4) is 11.4 Å². The summed E-state index contributed by atoms with van der Waals surface area (Å²) >= 11 is 0. The van der Waals surface area contributed by atoms with E-state index in [1.807, 2.05) is 41.8 Å². The van der Waals surface area contributed by atoms with Gasteiger partial charge in [0.15, 0.2) is 0 Å².